The van der Waals surface area contributed by atoms with Crippen LogP contribution < -0.4 is 0 Å². The van der Waals surface area contributed by atoms with E-state index in [4.69, 9.17) is 10.4 Å². The van der Waals surface area contributed by atoms with Crippen LogP contribution in [0.1, 0.15) is 31.2 Å². The van der Waals surface area contributed by atoms with Crippen LogP contribution in [0, 0.1) is 0 Å². The van der Waals surface area contributed by atoms with Gasteiger partial charge in [-0.15, -0.1) is 5.06 Å². The lowest BCUT2D eigenvalue weighted by atomic mass is 10.1. The number of carbonyl (C=O) groups excluding carboxylic acids is 3. The van der Waals surface area contributed by atoms with Crippen molar-refractivity contribution in [1.29, 1.82) is 0 Å². The molecule has 0 spiro atoms. The van der Waals surface area contributed by atoms with Crippen LogP contribution in [-0.4, -0.2) is 22.8 Å². The Bertz CT molecular complexity index is 636. The SMILES string of the molecule is [N-]=[N+]=Nc1cccc(CCCC(=O)ON2C(=O)CCC2=O)c1. The number of azide groups is 1. The Morgan fingerprint density at radius 3 is 2.73 bits per heavy atom. The fraction of sp³-hybridized carbons (Fsp3) is 0.357. The Labute approximate surface area is 126 Å². The predicted molar refractivity (Wildman–Crippen MR) is 75.4 cm³/mol. The molecule has 0 saturated carbocycles. The minimum atomic E-state index is -0.616. The van der Waals surface area contributed by atoms with Crippen molar-refractivity contribution >= 4 is 23.5 Å². The maximum Gasteiger partial charge on any atom is 0.333 e. The second-order valence-corrected chi connectivity index (χ2v) is 4.76. The van der Waals surface area contributed by atoms with E-state index in [9.17, 15) is 14.4 Å². The second-order valence-electron chi connectivity index (χ2n) is 4.76. The van der Waals surface area contributed by atoms with Gasteiger partial charge in [0.25, 0.3) is 11.8 Å². The van der Waals surface area contributed by atoms with Crippen molar-refractivity contribution in [1.82, 2.24) is 5.06 Å². The molecule has 1 aromatic carbocycles. The summed E-state index contributed by atoms with van der Waals surface area (Å²) in [5, 5.41) is 4.05. The third kappa shape index (κ3) is 4.07. The van der Waals surface area contributed by atoms with Crippen molar-refractivity contribution in [3.05, 3.63) is 40.3 Å². The summed E-state index contributed by atoms with van der Waals surface area (Å²) in [7, 11) is 0. The van der Waals surface area contributed by atoms with E-state index in [0.29, 0.717) is 23.6 Å². The minimum absolute atomic E-state index is 0.0817. The highest BCUT2D eigenvalue weighted by Gasteiger charge is 2.32. The van der Waals surface area contributed by atoms with Gasteiger partial charge in [0.2, 0.25) is 0 Å². The largest absolute Gasteiger partial charge is 0.333 e. The average Bonchev–Trinajstić information content (AvgIpc) is 2.80. The van der Waals surface area contributed by atoms with Crippen LogP contribution in [-0.2, 0) is 25.6 Å². The first kappa shape index (κ1) is 15.5. The molecule has 0 bridgehead atoms. The third-order valence-electron chi connectivity index (χ3n) is 3.12. The van der Waals surface area contributed by atoms with Crippen molar-refractivity contribution < 1.29 is 19.2 Å². The predicted octanol–water partition coefficient (Wildman–Crippen LogP) is 2.56. The molecule has 1 aliphatic heterocycles. The number of imide groups is 1. The zero-order valence-corrected chi connectivity index (χ0v) is 11.8. The standard InChI is InChI=1S/C14H14N4O4/c15-17-16-11-5-1-3-10(9-11)4-2-6-14(21)22-18-12(19)7-8-13(18)20/h1,3,5,9H,2,4,6-8H2. The molecule has 2 rings (SSSR count). The summed E-state index contributed by atoms with van der Waals surface area (Å²) in [6.45, 7) is 0. The van der Waals surface area contributed by atoms with E-state index in [-0.39, 0.29) is 19.3 Å². The smallest absolute Gasteiger partial charge is 0.330 e. The number of hydrogen-bond donors (Lipinski definition) is 0. The van der Waals surface area contributed by atoms with Crippen LogP contribution in [0.15, 0.2) is 29.4 Å². The van der Waals surface area contributed by atoms with Crippen LogP contribution in [0.3, 0.4) is 0 Å². The van der Waals surface area contributed by atoms with Gasteiger partial charge in [0, 0.05) is 29.9 Å². The number of benzene rings is 1. The third-order valence-corrected chi connectivity index (χ3v) is 3.12. The fourth-order valence-corrected chi connectivity index (χ4v) is 2.07. The van der Waals surface area contributed by atoms with Gasteiger partial charge in [-0.3, -0.25) is 9.59 Å². The molecule has 1 fully saturated rings. The van der Waals surface area contributed by atoms with Crippen molar-refractivity contribution in [2.45, 2.75) is 32.1 Å². The lowest BCUT2D eigenvalue weighted by Crippen LogP contribution is -2.31. The second kappa shape index (κ2) is 7.24. The van der Waals surface area contributed by atoms with Gasteiger partial charge in [-0.1, -0.05) is 23.3 Å². The molecule has 1 heterocycles. The molecular formula is C14H14N4O4. The molecule has 0 atom stereocenters. The first-order valence-corrected chi connectivity index (χ1v) is 6.81. The summed E-state index contributed by atoms with van der Waals surface area (Å²) in [5.41, 5.74) is 9.81. The van der Waals surface area contributed by atoms with E-state index < -0.39 is 17.8 Å². The number of rotatable bonds is 6. The summed E-state index contributed by atoms with van der Waals surface area (Å²) in [5.74, 6) is -1.59. The first-order valence-electron chi connectivity index (χ1n) is 6.81. The number of nitrogens with zero attached hydrogens (tertiary/aromatic N) is 4. The van der Waals surface area contributed by atoms with E-state index in [1.54, 1.807) is 18.2 Å². The maximum atomic E-state index is 11.6. The van der Waals surface area contributed by atoms with E-state index in [1.807, 2.05) is 6.07 Å². The van der Waals surface area contributed by atoms with Crippen molar-refractivity contribution in [2.75, 3.05) is 0 Å². The molecule has 0 N–H and O–H groups in total. The highest BCUT2D eigenvalue weighted by atomic mass is 16.7. The van der Waals surface area contributed by atoms with Gasteiger partial charge >= 0.3 is 5.97 Å². The van der Waals surface area contributed by atoms with Crippen LogP contribution in [0.25, 0.3) is 10.4 Å². The number of amides is 2. The molecule has 8 nitrogen and oxygen atoms in total. The minimum Gasteiger partial charge on any atom is -0.330 e. The van der Waals surface area contributed by atoms with E-state index in [0.717, 1.165) is 5.56 Å². The molecule has 0 radical (unpaired) electrons. The van der Waals surface area contributed by atoms with Gasteiger partial charge in [-0.05, 0) is 30.0 Å². The number of carbonyl (C=O) groups is 3. The average molecular weight is 302 g/mol. The Morgan fingerprint density at radius 2 is 2.05 bits per heavy atom. The highest BCUT2D eigenvalue weighted by Crippen LogP contribution is 2.17. The monoisotopic (exact) mass is 302 g/mol. The summed E-state index contributed by atoms with van der Waals surface area (Å²) in [4.78, 5) is 41.7. The molecule has 1 saturated heterocycles. The van der Waals surface area contributed by atoms with Gasteiger partial charge in [0.05, 0.1) is 0 Å². The summed E-state index contributed by atoms with van der Waals surface area (Å²) < 4.78 is 0. The molecule has 1 aromatic rings. The molecule has 22 heavy (non-hydrogen) atoms. The van der Waals surface area contributed by atoms with Gasteiger partial charge in [0.15, 0.2) is 0 Å². The molecule has 8 heteroatoms. The molecular weight excluding hydrogens is 288 g/mol. The van der Waals surface area contributed by atoms with E-state index >= 15 is 0 Å². The lowest BCUT2D eigenvalue weighted by molar-refractivity contribution is -0.197. The van der Waals surface area contributed by atoms with Gasteiger partial charge in [-0.2, -0.15) is 0 Å². The molecule has 1 aliphatic rings. The zero-order valence-electron chi connectivity index (χ0n) is 11.8. The van der Waals surface area contributed by atoms with Crippen LogP contribution in [0.5, 0.6) is 0 Å². The van der Waals surface area contributed by atoms with Crippen LogP contribution >= 0.6 is 0 Å². The molecule has 114 valence electrons. The van der Waals surface area contributed by atoms with Crippen molar-refractivity contribution in [3.63, 3.8) is 0 Å². The fourth-order valence-electron chi connectivity index (χ4n) is 2.07. The van der Waals surface area contributed by atoms with Gasteiger partial charge in [0.1, 0.15) is 0 Å². The summed E-state index contributed by atoms with van der Waals surface area (Å²) in [6, 6.07) is 7.04. The zero-order chi connectivity index (χ0) is 15.9. The Balaban J connectivity index is 1.79. The van der Waals surface area contributed by atoms with Gasteiger partial charge < -0.3 is 4.84 Å². The van der Waals surface area contributed by atoms with Gasteiger partial charge in [-0.25, -0.2) is 4.79 Å². The summed E-state index contributed by atoms with van der Waals surface area (Å²) >= 11 is 0. The number of hydrogen-bond acceptors (Lipinski definition) is 5. The van der Waals surface area contributed by atoms with E-state index in [2.05, 4.69) is 10.0 Å². The number of aryl methyl sites for hydroxylation is 1. The normalized spacial score (nSPS) is 13.9. The molecule has 2 amide bonds. The quantitative estimate of drug-likeness (QED) is 0.348. The molecule has 0 unspecified atom stereocenters. The van der Waals surface area contributed by atoms with E-state index in [1.165, 1.54) is 0 Å². The molecule has 0 aliphatic carbocycles. The Hall–Kier alpha value is -2.86. The Morgan fingerprint density at radius 1 is 1.32 bits per heavy atom. The molecule has 0 aromatic heterocycles. The Kier molecular flexibility index (Phi) is 5.11. The van der Waals surface area contributed by atoms with Crippen molar-refractivity contribution in [2.24, 2.45) is 5.11 Å². The van der Waals surface area contributed by atoms with Crippen molar-refractivity contribution in [3.8, 4) is 0 Å². The topological polar surface area (TPSA) is 112 Å². The van der Waals surface area contributed by atoms with Crippen LogP contribution in [0.4, 0.5) is 5.69 Å². The maximum absolute atomic E-state index is 11.6. The first-order chi connectivity index (χ1) is 10.6. The number of hydroxylamine groups is 2. The highest BCUT2D eigenvalue weighted by molar-refractivity contribution is 6.01. The van der Waals surface area contributed by atoms with Crippen LogP contribution in [0.2, 0.25) is 0 Å². The lowest BCUT2D eigenvalue weighted by Gasteiger charge is -2.12. The summed E-state index contributed by atoms with van der Waals surface area (Å²) in [6.07, 6.45) is 1.33.